The normalized spacial score (nSPS) is 38.2. The molecule has 18 heavy (non-hydrogen) atoms. The number of hydrogen-bond acceptors (Lipinski definition) is 1. The summed E-state index contributed by atoms with van der Waals surface area (Å²) in [5.74, 6) is 0. The van der Waals surface area contributed by atoms with Crippen LogP contribution in [0.5, 0.6) is 0 Å². The molecule has 0 amide bonds. The Kier molecular flexibility index (Phi) is 3.31. The fourth-order valence-electron chi connectivity index (χ4n) is 2.85. The topological polar surface area (TPSA) is 20.2 Å². The van der Waals surface area contributed by atoms with E-state index in [2.05, 4.69) is 14.1 Å². The first-order valence-corrected chi connectivity index (χ1v) is 7.66. The zero-order valence-corrected chi connectivity index (χ0v) is 11.1. The van der Waals surface area contributed by atoms with Crippen molar-refractivity contribution < 1.29 is 34.8 Å². The second-order valence-electron chi connectivity index (χ2n) is 5.60. The van der Waals surface area contributed by atoms with Crippen molar-refractivity contribution in [3.05, 3.63) is 0 Å². The Morgan fingerprint density at radius 3 is 1.44 bits per heavy atom. The van der Waals surface area contributed by atoms with Crippen molar-refractivity contribution in [2.24, 2.45) is 0 Å². The van der Waals surface area contributed by atoms with Gasteiger partial charge in [-0.15, -0.1) is 0 Å². The number of fused-ring (bicyclic) bond motifs is 2. The summed E-state index contributed by atoms with van der Waals surface area (Å²) in [6.07, 6.45) is 4.72. The number of halogens is 6. The first-order chi connectivity index (χ1) is 7.55. The summed E-state index contributed by atoms with van der Waals surface area (Å²) >= 11 is 0. The number of quaternary nitrogens is 1. The van der Waals surface area contributed by atoms with E-state index in [1.54, 1.807) is 0 Å². The molecule has 2 fully saturated rings. The summed E-state index contributed by atoms with van der Waals surface area (Å²) < 4.78 is 60.4. The summed E-state index contributed by atoms with van der Waals surface area (Å²) in [5.41, 5.74) is 0. The van der Waals surface area contributed by atoms with Crippen molar-refractivity contribution in [2.75, 3.05) is 14.1 Å². The molecule has 2 unspecified atom stereocenters. The third kappa shape index (κ3) is 5.71. The van der Waals surface area contributed by atoms with Crippen molar-refractivity contribution in [3.8, 4) is 0 Å². The quantitative estimate of drug-likeness (QED) is 0.405. The molecule has 0 aromatic heterocycles. The van der Waals surface area contributed by atoms with Crippen molar-refractivity contribution in [1.29, 1.82) is 0 Å². The molecule has 2 rings (SSSR count). The van der Waals surface area contributed by atoms with Crippen LogP contribution in [0.15, 0.2) is 0 Å². The third-order valence-corrected chi connectivity index (χ3v) is 3.80. The monoisotopic (exact) mass is 301 g/mol. The van der Waals surface area contributed by atoms with Gasteiger partial charge in [-0.2, -0.15) is 0 Å². The molecule has 0 aliphatic carbocycles. The number of rotatable bonds is 0. The molecule has 9 heteroatoms. The van der Waals surface area contributed by atoms with E-state index in [1.165, 1.54) is 12.8 Å². The van der Waals surface area contributed by atoms with Crippen LogP contribution in [-0.4, -0.2) is 41.9 Å². The second kappa shape index (κ2) is 3.73. The maximum atomic E-state index is 9.87. The van der Waals surface area contributed by atoms with Crippen LogP contribution < -0.4 is 0 Å². The van der Waals surface area contributed by atoms with Crippen LogP contribution in [0.25, 0.3) is 0 Å². The van der Waals surface area contributed by atoms with E-state index in [0.717, 1.165) is 29.4 Å². The van der Waals surface area contributed by atoms with Crippen LogP contribution in [0.3, 0.4) is 0 Å². The van der Waals surface area contributed by atoms with E-state index in [9.17, 15) is 30.3 Å². The molecule has 0 aromatic carbocycles. The Morgan fingerprint density at radius 1 is 0.889 bits per heavy atom. The summed E-state index contributed by atoms with van der Waals surface area (Å²) in [7, 11) is -6.03. The SMILES string of the molecule is C[N+]1(C)C2CCC1CC(O)C2.F[P-](F)(F)(F)(F)F. The Balaban J connectivity index is 0.000000203. The molecule has 0 saturated carbocycles. The minimum atomic E-state index is -10.7. The number of aliphatic hydroxyl groups is 1. The molecule has 112 valence electrons. The molecule has 1 N–H and O–H groups in total. The van der Waals surface area contributed by atoms with Gasteiger partial charge in [-0.3, -0.25) is 0 Å². The van der Waals surface area contributed by atoms with Gasteiger partial charge in [0.15, 0.2) is 0 Å². The number of piperidine rings is 1. The van der Waals surface area contributed by atoms with Gasteiger partial charge in [0, 0.05) is 25.7 Å². The predicted octanol–water partition coefficient (Wildman–Crippen LogP) is 4.13. The molecular weight excluding hydrogens is 283 g/mol. The van der Waals surface area contributed by atoms with E-state index < -0.39 is 7.81 Å². The Hall–Kier alpha value is -0.0700. The van der Waals surface area contributed by atoms with Crippen molar-refractivity contribution in [2.45, 2.75) is 43.9 Å². The fourth-order valence-corrected chi connectivity index (χ4v) is 2.85. The third-order valence-electron chi connectivity index (χ3n) is 3.80. The number of hydrogen-bond donors (Lipinski definition) is 1. The molecule has 2 aliphatic heterocycles. The Morgan fingerprint density at radius 2 is 1.17 bits per heavy atom. The molecule has 2 atom stereocenters. The van der Waals surface area contributed by atoms with E-state index in [1.807, 2.05) is 0 Å². The average molecular weight is 301 g/mol. The molecule has 0 aromatic rings. The Bertz CT molecular complexity index is 298. The van der Waals surface area contributed by atoms with Crippen molar-refractivity contribution in [1.82, 2.24) is 0 Å². The number of nitrogens with zero attached hydrogens (tertiary/aromatic N) is 1. The van der Waals surface area contributed by atoms with E-state index >= 15 is 0 Å². The summed E-state index contributed by atoms with van der Waals surface area (Å²) in [6.45, 7) is 0. The van der Waals surface area contributed by atoms with Gasteiger partial charge in [0.25, 0.3) is 0 Å². The molecule has 2 saturated heterocycles. The summed E-state index contributed by atoms with van der Waals surface area (Å²) in [6, 6.07) is 1.48. The predicted molar refractivity (Wildman–Crippen MR) is 57.7 cm³/mol. The van der Waals surface area contributed by atoms with Crippen LogP contribution in [0.1, 0.15) is 25.7 Å². The van der Waals surface area contributed by atoms with Gasteiger partial charge < -0.3 is 9.59 Å². The fraction of sp³-hybridized carbons (Fsp3) is 1.00. The number of aliphatic hydroxyl groups excluding tert-OH is 1. The van der Waals surface area contributed by atoms with Crippen LogP contribution in [0.2, 0.25) is 0 Å². The van der Waals surface area contributed by atoms with Gasteiger partial charge in [0.2, 0.25) is 0 Å². The van der Waals surface area contributed by atoms with Crippen LogP contribution in [0, 0.1) is 0 Å². The van der Waals surface area contributed by atoms with Gasteiger partial charge in [-0.25, -0.2) is 0 Å². The first kappa shape index (κ1) is 16.0. The minimum absolute atomic E-state index is 0.00125. The standard InChI is InChI=1S/C9H18NO.F6P/c1-10(2)7-3-4-8(10)6-9(11)5-7;1-7(2,3,4,5)6/h7-9,11H,3-6H2,1-2H3;/q+1;-1. The van der Waals surface area contributed by atoms with Crippen LogP contribution in [-0.2, 0) is 0 Å². The summed E-state index contributed by atoms with van der Waals surface area (Å²) in [4.78, 5) is 0. The molecule has 2 bridgehead atoms. The van der Waals surface area contributed by atoms with E-state index in [4.69, 9.17) is 0 Å². The second-order valence-corrected chi connectivity index (χ2v) is 7.51. The van der Waals surface area contributed by atoms with Gasteiger partial charge >= 0.3 is 33.0 Å². The molecule has 2 aliphatic rings. The molecule has 0 radical (unpaired) electrons. The van der Waals surface area contributed by atoms with Crippen molar-refractivity contribution in [3.63, 3.8) is 0 Å². The maximum absolute atomic E-state index is 10.7. The molecule has 0 spiro atoms. The van der Waals surface area contributed by atoms with Gasteiger partial charge in [-0.05, 0) is 0 Å². The van der Waals surface area contributed by atoms with Crippen molar-refractivity contribution >= 4 is 7.81 Å². The Labute approximate surface area is 101 Å². The zero-order valence-electron chi connectivity index (χ0n) is 10.2. The summed E-state index contributed by atoms with van der Waals surface area (Å²) in [5, 5.41) is 9.51. The molecule has 2 heterocycles. The van der Waals surface area contributed by atoms with Crippen LogP contribution >= 0.6 is 7.81 Å². The van der Waals surface area contributed by atoms with Gasteiger partial charge in [0.05, 0.1) is 32.3 Å². The van der Waals surface area contributed by atoms with E-state index in [0.29, 0.717) is 0 Å². The molecule has 2 nitrogen and oxygen atoms in total. The molecular formula is C9H18F6NOP. The average Bonchev–Trinajstić information content (AvgIpc) is 2.27. The van der Waals surface area contributed by atoms with Gasteiger partial charge in [-0.1, -0.05) is 0 Å². The zero-order chi connectivity index (χ0) is 14.5. The van der Waals surface area contributed by atoms with Gasteiger partial charge in [0.1, 0.15) is 0 Å². The van der Waals surface area contributed by atoms with Crippen LogP contribution in [0.4, 0.5) is 25.2 Å². The van der Waals surface area contributed by atoms with E-state index in [-0.39, 0.29) is 6.10 Å². The first-order valence-electron chi connectivity index (χ1n) is 5.63.